The van der Waals surface area contributed by atoms with Crippen molar-refractivity contribution in [3.05, 3.63) is 28.7 Å². The van der Waals surface area contributed by atoms with Crippen LogP contribution in [0.5, 0.6) is 0 Å². The minimum absolute atomic E-state index is 0.0546. The van der Waals surface area contributed by atoms with Gasteiger partial charge in [0.2, 0.25) is 0 Å². The second-order valence-corrected chi connectivity index (χ2v) is 5.08. The summed E-state index contributed by atoms with van der Waals surface area (Å²) in [5.41, 5.74) is 1.91. The number of nitrogens with zero attached hydrogens (tertiary/aromatic N) is 2. The van der Waals surface area contributed by atoms with Crippen LogP contribution in [0.25, 0.3) is 0 Å². The molecule has 1 unspecified atom stereocenters. The maximum absolute atomic E-state index is 12.1. The van der Waals surface area contributed by atoms with E-state index in [2.05, 4.69) is 21.0 Å². The molecule has 0 spiro atoms. The number of halogens is 1. The van der Waals surface area contributed by atoms with Gasteiger partial charge in [-0.25, -0.2) is 5.01 Å². The number of hydrogen-bond donors (Lipinski definition) is 0. The summed E-state index contributed by atoms with van der Waals surface area (Å²) in [6.07, 6.45) is 3.03. The first-order valence-corrected chi connectivity index (χ1v) is 6.22. The summed E-state index contributed by atoms with van der Waals surface area (Å²) in [6.45, 7) is 0. The Balaban J connectivity index is 1.97. The lowest BCUT2D eigenvalue weighted by Gasteiger charge is -2.13. The zero-order valence-corrected chi connectivity index (χ0v) is 10.3. The molecular formula is C12H11BrN2O. The Morgan fingerprint density at radius 1 is 1.44 bits per heavy atom. The highest BCUT2D eigenvalue weighted by molar-refractivity contribution is 9.10. The Bertz CT molecular complexity index is 484. The number of fused-ring (bicyclic) bond motifs is 1. The van der Waals surface area contributed by atoms with Crippen molar-refractivity contribution in [2.75, 3.05) is 5.01 Å². The first-order valence-electron chi connectivity index (χ1n) is 5.42. The fraction of sp³-hybridized carbons (Fsp3) is 0.333. The molecule has 1 amide bonds. The number of hydrogen-bond acceptors (Lipinski definition) is 2. The first-order chi connectivity index (χ1) is 7.75. The summed E-state index contributed by atoms with van der Waals surface area (Å²) in [6, 6.07) is 7.69. The molecule has 1 aliphatic carbocycles. The maximum Gasteiger partial charge on any atom is 0.256 e. The molecule has 0 N–H and O–H groups in total. The van der Waals surface area contributed by atoms with Crippen LogP contribution in [-0.4, -0.2) is 11.6 Å². The van der Waals surface area contributed by atoms with Gasteiger partial charge in [0.15, 0.2) is 0 Å². The molecule has 0 radical (unpaired) electrons. The van der Waals surface area contributed by atoms with E-state index < -0.39 is 0 Å². The van der Waals surface area contributed by atoms with E-state index in [0.29, 0.717) is 0 Å². The summed E-state index contributed by atoms with van der Waals surface area (Å²) in [5, 5.41) is 5.97. The molecule has 82 valence electrons. The van der Waals surface area contributed by atoms with Gasteiger partial charge in [0.25, 0.3) is 5.91 Å². The Labute approximate surface area is 102 Å². The summed E-state index contributed by atoms with van der Waals surface area (Å²) >= 11 is 3.40. The molecule has 1 aliphatic heterocycles. The van der Waals surface area contributed by atoms with Gasteiger partial charge >= 0.3 is 0 Å². The van der Waals surface area contributed by atoms with Gasteiger partial charge in [-0.05, 0) is 37.5 Å². The van der Waals surface area contributed by atoms with Gasteiger partial charge in [-0.2, -0.15) is 5.10 Å². The topological polar surface area (TPSA) is 32.7 Å². The van der Waals surface area contributed by atoms with Crippen molar-refractivity contribution < 1.29 is 4.79 Å². The number of benzene rings is 1. The van der Waals surface area contributed by atoms with Crippen LogP contribution in [0.15, 0.2) is 33.8 Å². The van der Waals surface area contributed by atoms with E-state index in [1.54, 1.807) is 5.01 Å². The lowest BCUT2D eigenvalue weighted by molar-refractivity contribution is -0.119. The lowest BCUT2D eigenvalue weighted by Crippen LogP contribution is -2.25. The van der Waals surface area contributed by atoms with Crippen molar-refractivity contribution >= 4 is 33.2 Å². The molecular weight excluding hydrogens is 268 g/mol. The number of hydrazone groups is 1. The quantitative estimate of drug-likeness (QED) is 0.778. The summed E-state index contributed by atoms with van der Waals surface area (Å²) in [4.78, 5) is 12.1. The summed E-state index contributed by atoms with van der Waals surface area (Å²) in [7, 11) is 0. The molecule has 0 saturated heterocycles. The van der Waals surface area contributed by atoms with Crippen LogP contribution >= 0.6 is 15.9 Å². The van der Waals surface area contributed by atoms with E-state index in [1.165, 1.54) is 0 Å². The van der Waals surface area contributed by atoms with Crippen molar-refractivity contribution in [3.63, 3.8) is 0 Å². The highest BCUT2D eigenvalue weighted by atomic mass is 79.9. The predicted molar refractivity (Wildman–Crippen MR) is 66.4 cm³/mol. The number of carbonyl (C=O) groups is 1. The summed E-state index contributed by atoms with van der Waals surface area (Å²) in [5.74, 6) is 0.185. The van der Waals surface area contributed by atoms with Gasteiger partial charge < -0.3 is 0 Å². The number of rotatable bonds is 1. The van der Waals surface area contributed by atoms with Gasteiger partial charge in [-0.15, -0.1) is 0 Å². The van der Waals surface area contributed by atoms with E-state index in [1.807, 2.05) is 24.3 Å². The fourth-order valence-electron chi connectivity index (χ4n) is 2.33. The lowest BCUT2D eigenvalue weighted by atomic mass is 10.1. The van der Waals surface area contributed by atoms with Crippen molar-refractivity contribution in [1.82, 2.24) is 0 Å². The van der Waals surface area contributed by atoms with Crippen LogP contribution in [0.3, 0.4) is 0 Å². The third kappa shape index (κ3) is 1.48. The molecule has 3 rings (SSSR count). The molecule has 2 aliphatic rings. The molecule has 3 nitrogen and oxygen atoms in total. The Morgan fingerprint density at radius 3 is 3.06 bits per heavy atom. The zero-order chi connectivity index (χ0) is 11.1. The number of carbonyl (C=O) groups excluding carboxylic acids is 1. The van der Waals surface area contributed by atoms with Crippen LogP contribution in [0.1, 0.15) is 19.3 Å². The van der Waals surface area contributed by atoms with E-state index in [4.69, 9.17) is 0 Å². The fourth-order valence-corrected chi connectivity index (χ4v) is 2.72. The van der Waals surface area contributed by atoms with E-state index >= 15 is 0 Å². The van der Waals surface area contributed by atoms with Crippen LogP contribution in [0.4, 0.5) is 5.69 Å². The number of anilines is 1. The van der Waals surface area contributed by atoms with Crippen molar-refractivity contribution in [2.24, 2.45) is 11.0 Å². The molecule has 0 aromatic heterocycles. The third-order valence-corrected chi connectivity index (χ3v) is 3.61. The minimum Gasteiger partial charge on any atom is -0.272 e. The monoisotopic (exact) mass is 278 g/mol. The molecule has 1 atom stereocenters. The van der Waals surface area contributed by atoms with Crippen LogP contribution in [0.2, 0.25) is 0 Å². The van der Waals surface area contributed by atoms with Crippen molar-refractivity contribution in [3.8, 4) is 0 Å². The molecule has 4 heteroatoms. The normalized spacial score (nSPS) is 23.6. The van der Waals surface area contributed by atoms with Crippen LogP contribution < -0.4 is 5.01 Å². The smallest absolute Gasteiger partial charge is 0.256 e. The minimum atomic E-state index is 0.0546. The molecule has 1 fully saturated rings. The highest BCUT2D eigenvalue weighted by Gasteiger charge is 2.39. The summed E-state index contributed by atoms with van der Waals surface area (Å²) < 4.78 is 0.968. The molecule has 1 saturated carbocycles. The van der Waals surface area contributed by atoms with Gasteiger partial charge in [0, 0.05) is 4.47 Å². The van der Waals surface area contributed by atoms with Gasteiger partial charge in [-0.1, -0.05) is 22.0 Å². The van der Waals surface area contributed by atoms with E-state index in [-0.39, 0.29) is 11.8 Å². The van der Waals surface area contributed by atoms with E-state index in [0.717, 1.165) is 35.1 Å². The SMILES string of the molecule is O=C1C2CCCC2=NN1c1cccc(Br)c1. The second kappa shape index (κ2) is 3.70. The van der Waals surface area contributed by atoms with E-state index in [9.17, 15) is 4.79 Å². The van der Waals surface area contributed by atoms with Crippen LogP contribution in [0, 0.1) is 5.92 Å². The molecule has 1 aromatic rings. The highest BCUT2D eigenvalue weighted by Crippen LogP contribution is 2.33. The molecule has 0 bridgehead atoms. The van der Waals surface area contributed by atoms with Crippen molar-refractivity contribution in [1.29, 1.82) is 0 Å². The average molecular weight is 279 g/mol. The Kier molecular flexibility index (Phi) is 2.32. The van der Waals surface area contributed by atoms with Gasteiger partial charge in [0.1, 0.15) is 0 Å². The molecule has 1 heterocycles. The molecule has 16 heavy (non-hydrogen) atoms. The second-order valence-electron chi connectivity index (χ2n) is 4.17. The predicted octanol–water partition coefficient (Wildman–Crippen LogP) is 2.95. The maximum atomic E-state index is 12.1. The van der Waals surface area contributed by atoms with Gasteiger partial charge in [-0.3, -0.25) is 4.79 Å². The third-order valence-electron chi connectivity index (χ3n) is 3.12. The first kappa shape index (κ1) is 10.0. The Morgan fingerprint density at radius 2 is 2.31 bits per heavy atom. The molecule has 1 aromatic carbocycles. The standard InChI is InChI=1S/C12H11BrN2O/c13-8-3-1-4-9(7-8)15-12(16)10-5-2-6-11(10)14-15/h1,3-4,7,10H,2,5-6H2. The Hall–Kier alpha value is -1.16. The zero-order valence-electron chi connectivity index (χ0n) is 8.69. The average Bonchev–Trinajstić information content (AvgIpc) is 2.82. The van der Waals surface area contributed by atoms with Crippen LogP contribution in [-0.2, 0) is 4.79 Å². The largest absolute Gasteiger partial charge is 0.272 e. The number of amides is 1. The van der Waals surface area contributed by atoms with Gasteiger partial charge in [0.05, 0.1) is 17.3 Å². The van der Waals surface area contributed by atoms with Crippen molar-refractivity contribution in [2.45, 2.75) is 19.3 Å².